The van der Waals surface area contributed by atoms with Crippen LogP contribution in [-0.4, -0.2) is 16.1 Å². The minimum atomic E-state index is -0.300. The number of H-pyrrole nitrogens is 1. The molecule has 1 amide bonds. The maximum atomic E-state index is 12.2. The third-order valence-corrected chi connectivity index (χ3v) is 3.79. The van der Waals surface area contributed by atoms with Gasteiger partial charge in [-0.25, -0.2) is 5.10 Å². The van der Waals surface area contributed by atoms with Gasteiger partial charge in [0.15, 0.2) is 5.69 Å². The van der Waals surface area contributed by atoms with Crippen LogP contribution in [0.2, 0.25) is 0 Å². The number of fused-ring (bicyclic) bond motifs is 1. The molecule has 0 unspecified atom stereocenters. The van der Waals surface area contributed by atoms with Gasteiger partial charge in [-0.05, 0) is 17.5 Å². The van der Waals surface area contributed by atoms with E-state index >= 15 is 0 Å². The van der Waals surface area contributed by atoms with E-state index in [1.54, 1.807) is 35.6 Å². The van der Waals surface area contributed by atoms with E-state index in [1.165, 1.54) is 0 Å². The van der Waals surface area contributed by atoms with Gasteiger partial charge in [0.2, 0.25) is 0 Å². The van der Waals surface area contributed by atoms with Crippen LogP contribution in [0, 0.1) is 0 Å². The third kappa shape index (κ3) is 2.33. The molecule has 1 aromatic carbocycles. The van der Waals surface area contributed by atoms with Gasteiger partial charge < -0.3 is 5.32 Å². The SMILES string of the molecule is O=C(NCc1cccs1)c1n[nH]c(=O)c2ccccc12. The van der Waals surface area contributed by atoms with Gasteiger partial charge in [0.1, 0.15) is 0 Å². The lowest BCUT2D eigenvalue weighted by Gasteiger charge is -2.05. The fourth-order valence-corrected chi connectivity index (χ4v) is 2.60. The monoisotopic (exact) mass is 285 g/mol. The lowest BCUT2D eigenvalue weighted by molar-refractivity contribution is 0.0947. The fraction of sp³-hybridized carbons (Fsp3) is 0.0714. The van der Waals surface area contributed by atoms with Gasteiger partial charge in [-0.1, -0.05) is 24.3 Å². The first-order valence-corrected chi connectivity index (χ1v) is 6.91. The van der Waals surface area contributed by atoms with Crippen LogP contribution in [0.4, 0.5) is 0 Å². The predicted octanol–water partition coefficient (Wildman–Crippen LogP) is 1.91. The largest absolute Gasteiger partial charge is 0.346 e. The molecule has 0 saturated heterocycles. The molecule has 0 aliphatic rings. The number of hydrogen-bond acceptors (Lipinski definition) is 4. The molecule has 0 saturated carbocycles. The summed E-state index contributed by atoms with van der Waals surface area (Å²) in [5.41, 5.74) is -0.0628. The molecule has 0 radical (unpaired) electrons. The summed E-state index contributed by atoms with van der Waals surface area (Å²) in [6.07, 6.45) is 0. The Kier molecular flexibility index (Phi) is 3.30. The molecule has 0 atom stereocenters. The third-order valence-electron chi connectivity index (χ3n) is 2.91. The van der Waals surface area contributed by atoms with E-state index < -0.39 is 0 Å². The number of benzene rings is 1. The number of nitrogens with zero attached hydrogens (tertiary/aromatic N) is 1. The molecule has 2 aromatic heterocycles. The Bertz CT molecular complexity index is 809. The first kappa shape index (κ1) is 12.6. The van der Waals surface area contributed by atoms with Crippen molar-refractivity contribution in [3.8, 4) is 0 Å². The number of hydrogen-bond donors (Lipinski definition) is 2. The highest BCUT2D eigenvalue weighted by atomic mass is 32.1. The summed E-state index contributed by atoms with van der Waals surface area (Å²) < 4.78 is 0. The van der Waals surface area contributed by atoms with E-state index in [0.29, 0.717) is 17.3 Å². The van der Waals surface area contributed by atoms with E-state index in [-0.39, 0.29) is 17.2 Å². The van der Waals surface area contributed by atoms with Crippen LogP contribution >= 0.6 is 11.3 Å². The molecule has 0 aliphatic carbocycles. The number of carbonyl (C=O) groups excluding carboxylic acids is 1. The zero-order valence-corrected chi connectivity index (χ0v) is 11.2. The Morgan fingerprint density at radius 2 is 2.00 bits per heavy atom. The zero-order chi connectivity index (χ0) is 13.9. The highest BCUT2D eigenvalue weighted by Crippen LogP contribution is 2.13. The number of aromatic amines is 1. The summed E-state index contributed by atoms with van der Waals surface area (Å²) in [4.78, 5) is 24.9. The van der Waals surface area contributed by atoms with Crippen LogP contribution < -0.4 is 10.9 Å². The van der Waals surface area contributed by atoms with Gasteiger partial charge in [-0.15, -0.1) is 11.3 Å². The molecule has 3 rings (SSSR count). The molecule has 20 heavy (non-hydrogen) atoms. The van der Waals surface area contributed by atoms with Gasteiger partial charge in [-0.3, -0.25) is 9.59 Å². The zero-order valence-electron chi connectivity index (χ0n) is 10.4. The van der Waals surface area contributed by atoms with E-state index in [4.69, 9.17) is 0 Å². The van der Waals surface area contributed by atoms with Crippen LogP contribution in [0.1, 0.15) is 15.4 Å². The molecular formula is C14H11N3O2S. The standard InChI is InChI=1S/C14H11N3O2S/c18-13-11-6-2-1-5-10(11)12(16-17-13)14(19)15-8-9-4-3-7-20-9/h1-7H,8H2,(H,15,19)(H,17,18). The smallest absolute Gasteiger partial charge is 0.272 e. The second-order valence-corrected chi connectivity index (χ2v) is 5.24. The average molecular weight is 285 g/mol. The molecule has 3 aromatic rings. The first-order valence-electron chi connectivity index (χ1n) is 6.04. The number of carbonyl (C=O) groups is 1. The number of aromatic nitrogens is 2. The number of nitrogens with one attached hydrogen (secondary N) is 2. The fourth-order valence-electron chi connectivity index (χ4n) is 1.95. The molecule has 5 nitrogen and oxygen atoms in total. The first-order chi connectivity index (χ1) is 9.75. The van der Waals surface area contributed by atoms with Crippen molar-refractivity contribution in [1.82, 2.24) is 15.5 Å². The van der Waals surface area contributed by atoms with Crippen molar-refractivity contribution in [2.45, 2.75) is 6.54 Å². The average Bonchev–Trinajstić information content (AvgIpc) is 2.99. The molecule has 2 N–H and O–H groups in total. The second kappa shape index (κ2) is 5.26. The molecule has 0 spiro atoms. The topological polar surface area (TPSA) is 74.8 Å². The van der Waals surface area contributed by atoms with Crippen LogP contribution in [0.25, 0.3) is 10.8 Å². The Balaban J connectivity index is 1.92. The van der Waals surface area contributed by atoms with E-state index in [1.807, 2.05) is 17.5 Å². The quantitative estimate of drug-likeness (QED) is 0.772. The van der Waals surface area contributed by atoms with E-state index in [2.05, 4.69) is 15.5 Å². The molecule has 0 aliphatic heterocycles. The summed E-state index contributed by atoms with van der Waals surface area (Å²) in [5.74, 6) is -0.300. The van der Waals surface area contributed by atoms with Crippen molar-refractivity contribution in [2.75, 3.05) is 0 Å². The maximum absolute atomic E-state index is 12.2. The highest BCUT2D eigenvalue weighted by molar-refractivity contribution is 7.09. The normalized spacial score (nSPS) is 10.6. The maximum Gasteiger partial charge on any atom is 0.272 e. The Hall–Kier alpha value is -2.47. The molecule has 0 fully saturated rings. The molecular weight excluding hydrogens is 274 g/mol. The molecule has 6 heteroatoms. The molecule has 2 heterocycles. The lowest BCUT2D eigenvalue weighted by Crippen LogP contribution is -2.25. The molecule has 100 valence electrons. The highest BCUT2D eigenvalue weighted by Gasteiger charge is 2.13. The summed E-state index contributed by atoms with van der Waals surface area (Å²) in [6.45, 7) is 0.450. The minimum Gasteiger partial charge on any atom is -0.346 e. The van der Waals surface area contributed by atoms with Crippen LogP contribution in [0.5, 0.6) is 0 Å². The van der Waals surface area contributed by atoms with E-state index in [9.17, 15) is 9.59 Å². The van der Waals surface area contributed by atoms with Crippen LogP contribution in [0.15, 0.2) is 46.6 Å². The predicted molar refractivity (Wildman–Crippen MR) is 77.9 cm³/mol. The van der Waals surface area contributed by atoms with Gasteiger partial charge in [-0.2, -0.15) is 5.10 Å². The summed E-state index contributed by atoms with van der Waals surface area (Å²) >= 11 is 1.57. The number of thiophene rings is 1. The van der Waals surface area contributed by atoms with Crippen molar-refractivity contribution < 1.29 is 4.79 Å². The van der Waals surface area contributed by atoms with Crippen molar-refractivity contribution in [3.63, 3.8) is 0 Å². The lowest BCUT2D eigenvalue weighted by atomic mass is 10.1. The Labute approximate surface area is 118 Å². The van der Waals surface area contributed by atoms with Crippen LogP contribution in [0.3, 0.4) is 0 Å². The van der Waals surface area contributed by atoms with Gasteiger partial charge >= 0.3 is 0 Å². The second-order valence-electron chi connectivity index (χ2n) is 4.21. The van der Waals surface area contributed by atoms with Gasteiger partial charge in [0.25, 0.3) is 11.5 Å². The minimum absolute atomic E-state index is 0.233. The number of amides is 1. The Morgan fingerprint density at radius 1 is 1.20 bits per heavy atom. The van der Waals surface area contributed by atoms with Crippen molar-refractivity contribution in [2.24, 2.45) is 0 Å². The van der Waals surface area contributed by atoms with Gasteiger partial charge in [0, 0.05) is 10.3 Å². The van der Waals surface area contributed by atoms with Crippen LogP contribution in [-0.2, 0) is 6.54 Å². The van der Waals surface area contributed by atoms with Crippen molar-refractivity contribution >= 4 is 28.0 Å². The van der Waals surface area contributed by atoms with Crippen molar-refractivity contribution in [1.29, 1.82) is 0 Å². The summed E-state index contributed by atoms with van der Waals surface area (Å²) in [6, 6.07) is 10.8. The Morgan fingerprint density at radius 3 is 2.75 bits per heavy atom. The van der Waals surface area contributed by atoms with E-state index in [0.717, 1.165) is 4.88 Å². The van der Waals surface area contributed by atoms with Gasteiger partial charge in [0.05, 0.1) is 11.9 Å². The molecule has 0 bridgehead atoms. The summed E-state index contributed by atoms with van der Waals surface area (Å²) in [5, 5.41) is 12.0. The number of rotatable bonds is 3. The summed E-state index contributed by atoms with van der Waals surface area (Å²) in [7, 11) is 0. The van der Waals surface area contributed by atoms with Crippen molar-refractivity contribution in [3.05, 3.63) is 62.7 Å².